The number of ether oxygens (including phenoxy) is 1. The molecule has 3 rings (SSSR count). The zero-order valence-corrected chi connectivity index (χ0v) is 8.60. The van der Waals surface area contributed by atoms with E-state index < -0.39 is 0 Å². The lowest BCUT2D eigenvalue weighted by molar-refractivity contribution is -0.0506. The Morgan fingerprint density at radius 3 is 3.08 bits per heavy atom. The number of allylic oxidation sites excluding steroid dienone is 1. The minimum absolute atomic E-state index is 0.215. The van der Waals surface area contributed by atoms with Crippen LogP contribution in [0.15, 0.2) is 11.1 Å². The first-order chi connectivity index (χ1) is 6.22. The zero-order valence-electron chi connectivity index (χ0n) is 8.60. The van der Waals surface area contributed by atoms with Gasteiger partial charge in [0.25, 0.3) is 0 Å². The molecule has 2 fully saturated rings. The SMILES string of the molecule is CC1=C2CCC3CC(C)C2(CC1)O3. The molecule has 0 amide bonds. The number of hydrogen-bond donors (Lipinski definition) is 0. The van der Waals surface area contributed by atoms with Gasteiger partial charge in [0.15, 0.2) is 0 Å². The molecule has 1 heteroatoms. The van der Waals surface area contributed by atoms with Gasteiger partial charge in [-0.05, 0) is 50.5 Å². The van der Waals surface area contributed by atoms with Crippen molar-refractivity contribution in [3.05, 3.63) is 11.1 Å². The van der Waals surface area contributed by atoms with Crippen molar-refractivity contribution < 1.29 is 4.74 Å². The van der Waals surface area contributed by atoms with Crippen molar-refractivity contribution in [2.24, 2.45) is 5.92 Å². The molecule has 72 valence electrons. The van der Waals surface area contributed by atoms with Crippen LogP contribution in [-0.4, -0.2) is 11.7 Å². The zero-order chi connectivity index (χ0) is 9.05. The fourth-order valence-corrected chi connectivity index (χ4v) is 3.66. The normalized spacial score (nSPS) is 48.5. The molecule has 13 heavy (non-hydrogen) atoms. The summed E-state index contributed by atoms with van der Waals surface area (Å²) in [6.45, 7) is 4.68. The Morgan fingerprint density at radius 1 is 1.38 bits per heavy atom. The Hall–Kier alpha value is -0.300. The van der Waals surface area contributed by atoms with Crippen LogP contribution in [0.25, 0.3) is 0 Å². The third kappa shape index (κ3) is 0.864. The van der Waals surface area contributed by atoms with Crippen molar-refractivity contribution in [1.82, 2.24) is 0 Å². The first kappa shape index (κ1) is 8.05. The summed E-state index contributed by atoms with van der Waals surface area (Å²) in [5.74, 6) is 0.771. The molecule has 1 aliphatic carbocycles. The molecular weight excluding hydrogens is 160 g/mol. The van der Waals surface area contributed by atoms with Gasteiger partial charge >= 0.3 is 0 Å². The molecule has 2 saturated heterocycles. The Kier molecular flexibility index (Phi) is 1.48. The van der Waals surface area contributed by atoms with E-state index in [2.05, 4.69) is 13.8 Å². The van der Waals surface area contributed by atoms with Gasteiger partial charge in [0.1, 0.15) is 0 Å². The fraction of sp³-hybridized carbons (Fsp3) is 0.833. The first-order valence-electron chi connectivity index (χ1n) is 5.59. The van der Waals surface area contributed by atoms with Gasteiger partial charge in [-0.15, -0.1) is 0 Å². The van der Waals surface area contributed by atoms with Gasteiger partial charge in [-0.3, -0.25) is 0 Å². The Labute approximate surface area is 80.2 Å². The molecule has 2 bridgehead atoms. The maximum absolute atomic E-state index is 6.23. The molecule has 0 N–H and O–H groups in total. The fourth-order valence-electron chi connectivity index (χ4n) is 3.66. The summed E-state index contributed by atoms with van der Waals surface area (Å²) in [6, 6.07) is 0. The van der Waals surface area contributed by atoms with Crippen molar-refractivity contribution in [3.63, 3.8) is 0 Å². The largest absolute Gasteiger partial charge is 0.367 e. The molecular formula is C12H18O. The molecule has 3 atom stereocenters. The Balaban J connectivity index is 2.08. The molecule has 0 aromatic heterocycles. The standard InChI is InChI=1S/C12H18O/c1-8-5-6-12-9(2)7-10(13-12)3-4-11(8)12/h9-10H,3-7H2,1-2H3. The van der Waals surface area contributed by atoms with Crippen LogP contribution < -0.4 is 0 Å². The van der Waals surface area contributed by atoms with Crippen LogP contribution in [0.3, 0.4) is 0 Å². The lowest BCUT2D eigenvalue weighted by Gasteiger charge is -2.35. The number of rotatable bonds is 0. The first-order valence-corrected chi connectivity index (χ1v) is 5.59. The van der Waals surface area contributed by atoms with Gasteiger partial charge in [-0.25, -0.2) is 0 Å². The van der Waals surface area contributed by atoms with Crippen molar-refractivity contribution in [3.8, 4) is 0 Å². The molecule has 0 saturated carbocycles. The van der Waals surface area contributed by atoms with Crippen LogP contribution in [0.5, 0.6) is 0 Å². The minimum Gasteiger partial charge on any atom is -0.367 e. The molecule has 2 heterocycles. The molecule has 0 aromatic carbocycles. The van der Waals surface area contributed by atoms with Crippen molar-refractivity contribution in [2.75, 3.05) is 0 Å². The highest BCUT2D eigenvalue weighted by molar-refractivity contribution is 5.34. The highest BCUT2D eigenvalue weighted by Crippen LogP contribution is 2.55. The van der Waals surface area contributed by atoms with E-state index >= 15 is 0 Å². The summed E-state index contributed by atoms with van der Waals surface area (Å²) in [5.41, 5.74) is 3.52. The van der Waals surface area contributed by atoms with Gasteiger partial charge in [0.05, 0.1) is 11.7 Å². The molecule has 1 spiro atoms. The van der Waals surface area contributed by atoms with E-state index in [-0.39, 0.29) is 5.60 Å². The molecule has 3 aliphatic rings. The third-order valence-electron chi connectivity index (χ3n) is 4.40. The molecule has 2 aliphatic heterocycles. The monoisotopic (exact) mass is 178 g/mol. The van der Waals surface area contributed by atoms with Crippen LogP contribution in [0.4, 0.5) is 0 Å². The Morgan fingerprint density at radius 2 is 2.23 bits per heavy atom. The van der Waals surface area contributed by atoms with Gasteiger partial charge in [-0.2, -0.15) is 0 Å². The molecule has 0 aromatic rings. The second-order valence-electron chi connectivity index (χ2n) is 5.06. The smallest absolute Gasteiger partial charge is 0.0927 e. The van der Waals surface area contributed by atoms with Gasteiger partial charge in [0.2, 0.25) is 0 Å². The summed E-state index contributed by atoms with van der Waals surface area (Å²) in [5, 5.41) is 0. The average molecular weight is 178 g/mol. The summed E-state index contributed by atoms with van der Waals surface area (Å²) in [4.78, 5) is 0. The van der Waals surface area contributed by atoms with Crippen LogP contribution in [0.2, 0.25) is 0 Å². The van der Waals surface area contributed by atoms with E-state index in [4.69, 9.17) is 4.74 Å². The summed E-state index contributed by atoms with van der Waals surface area (Å²) in [6.07, 6.45) is 7.04. The molecule has 1 nitrogen and oxygen atoms in total. The maximum atomic E-state index is 6.23. The van der Waals surface area contributed by atoms with Gasteiger partial charge in [0, 0.05) is 0 Å². The molecule has 0 radical (unpaired) electrons. The van der Waals surface area contributed by atoms with Crippen molar-refractivity contribution in [2.45, 2.75) is 57.7 Å². The van der Waals surface area contributed by atoms with Crippen molar-refractivity contribution >= 4 is 0 Å². The van der Waals surface area contributed by atoms with Crippen LogP contribution in [0.1, 0.15) is 46.0 Å². The van der Waals surface area contributed by atoms with E-state index in [1.807, 2.05) is 0 Å². The van der Waals surface area contributed by atoms with Crippen LogP contribution >= 0.6 is 0 Å². The highest BCUT2D eigenvalue weighted by Gasteiger charge is 2.53. The second kappa shape index (κ2) is 2.38. The van der Waals surface area contributed by atoms with Crippen LogP contribution in [0, 0.1) is 5.92 Å². The van der Waals surface area contributed by atoms with E-state index in [0.717, 1.165) is 5.92 Å². The molecule has 3 unspecified atom stereocenters. The van der Waals surface area contributed by atoms with Crippen LogP contribution in [-0.2, 0) is 4.74 Å². The van der Waals surface area contributed by atoms with Crippen molar-refractivity contribution in [1.29, 1.82) is 0 Å². The predicted molar refractivity (Wildman–Crippen MR) is 52.6 cm³/mol. The number of fused-ring (bicyclic) bond motifs is 1. The average Bonchev–Trinajstić information content (AvgIpc) is 2.56. The summed E-state index contributed by atoms with van der Waals surface area (Å²) < 4.78 is 6.23. The van der Waals surface area contributed by atoms with E-state index in [1.165, 1.54) is 32.1 Å². The van der Waals surface area contributed by atoms with Gasteiger partial charge in [-0.1, -0.05) is 12.5 Å². The summed E-state index contributed by atoms with van der Waals surface area (Å²) in [7, 11) is 0. The van der Waals surface area contributed by atoms with E-state index in [1.54, 1.807) is 11.1 Å². The lowest BCUT2D eigenvalue weighted by atomic mass is 9.83. The highest BCUT2D eigenvalue weighted by atomic mass is 16.5. The topological polar surface area (TPSA) is 9.23 Å². The van der Waals surface area contributed by atoms with Gasteiger partial charge < -0.3 is 4.74 Å². The second-order valence-corrected chi connectivity index (χ2v) is 5.06. The summed E-state index contributed by atoms with van der Waals surface area (Å²) >= 11 is 0. The number of hydrogen-bond acceptors (Lipinski definition) is 1. The Bertz CT molecular complexity index is 279. The maximum Gasteiger partial charge on any atom is 0.0927 e. The van der Waals surface area contributed by atoms with E-state index in [9.17, 15) is 0 Å². The van der Waals surface area contributed by atoms with E-state index in [0.29, 0.717) is 6.10 Å². The lowest BCUT2D eigenvalue weighted by Crippen LogP contribution is -2.36. The minimum atomic E-state index is 0.215. The predicted octanol–water partition coefficient (Wildman–Crippen LogP) is 3.05. The third-order valence-corrected chi connectivity index (χ3v) is 4.40. The quantitative estimate of drug-likeness (QED) is 0.518.